The van der Waals surface area contributed by atoms with E-state index >= 15 is 0 Å². The molecule has 0 fully saturated rings. The van der Waals surface area contributed by atoms with E-state index in [1.54, 1.807) is 104 Å². The Labute approximate surface area is 208 Å². The molecule has 4 aromatic carbocycles. The van der Waals surface area contributed by atoms with Gasteiger partial charge in [0.1, 0.15) is 11.5 Å². The van der Waals surface area contributed by atoms with Gasteiger partial charge in [0.2, 0.25) is 0 Å². The number of amides is 1. The zero-order valence-electron chi connectivity index (χ0n) is 19.5. The van der Waals surface area contributed by atoms with Crippen LogP contribution in [0.15, 0.2) is 114 Å². The smallest absolute Gasteiger partial charge is 0.343 e. The summed E-state index contributed by atoms with van der Waals surface area (Å²) in [6.07, 6.45) is 1.43. The number of hydrogen-bond acceptors (Lipinski definition) is 6. The first-order valence-corrected chi connectivity index (χ1v) is 11.1. The highest BCUT2D eigenvalue weighted by molar-refractivity contribution is 5.92. The summed E-state index contributed by atoms with van der Waals surface area (Å²) < 4.78 is 10.5. The number of hydrogen-bond donors (Lipinski definition) is 2. The molecule has 0 heterocycles. The summed E-state index contributed by atoms with van der Waals surface area (Å²) in [6.45, 7) is 0. The molecule has 0 aromatic heterocycles. The lowest BCUT2D eigenvalue weighted by atomic mass is 9.85. The molecule has 0 aliphatic rings. The largest absolute Gasteiger partial charge is 0.497 e. The fourth-order valence-electron chi connectivity index (χ4n) is 3.55. The van der Waals surface area contributed by atoms with Crippen LogP contribution in [0.3, 0.4) is 0 Å². The number of nitrogens with one attached hydrogen (secondary N) is 1. The maximum absolute atomic E-state index is 13.1. The van der Waals surface area contributed by atoms with E-state index in [4.69, 9.17) is 9.47 Å². The third-order valence-corrected chi connectivity index (χ3v) is 5.51. The average molecular weight is 481 g/mol. The van der Waals surface area contributed by atoms with E-state index in [0.717, 1.165) is 0 Å². The first kappa shape index (κ1) is 24.4. The van der Waals surface area contributed by atoms with E-state index in [1.165, 1.54) is 6.21 Å². The van der Waals surface area contributed by atoms with Crippen molar-refractivity contribution < 1.29 is 24.2 Å². The monoisotopic (exact) mass is 480 g/mol. The molecule has 36 heavy (non-hydrogen) atoms. The molecule has 0 radical (unpaired) electrons. The van der Waals surface area contributed by atoms with Gasteiger partial charge >= 0.3 is 5.97 Å². The predicted molar refractivity (Wildman–Crippen MR) is 136 cm³/mol. The summed E-state index contributed by atoms with van der Waals surface area (Å²) in [5, 5.41) is 15.4. The lowest BCUT2D eigenvalue weighted by molar-refractivity contribution is -0.136. The third kappa shape index (κ3) is 5.48. The second kappa shape index (κ2) is 11.1. The Kier molecular flexibility index (Phi) is 7.53. The fourth-order valence-corrected chi connectivity index (χ4v) is 3.55. The second-order valence-corrected chi connectivity index (χ2v) is 7.83. The number of aliphatic hydroxyl groups is 1. The Hall–Kier alpha value is -4.75. The zero-order valence-corrected chi connectivity index (χ0v) is 19.5. The molecule has 0 unspecified atom stereocenters. The summed E-state index contributed by atoms with van der Waals surface area (Å²) in [5.74, 6) is -0.179. The molecule has 0 atom stereocenters. The highest BCUT2D eigenvalue weighted by Crippen LogP contribution is 2.29. The van der Waals surface area contributed by atoms with Crippen LogP contribution >= 0.6 is 0 Å². The lowest BCUT2D eigenvalue weighted by Gasteiger charge is -2.27. The molecule has 0 bridgehead atoms. The normalized spacial score (nSPS) is 11.2. The minimum Gasteiger partial charge on any atom is -0.497 e. The van der Waals surface area contributed by atoms with E-state index in [1.807, 2.05) is 12.1 Å². The van der Waals surface area contributed by atoms with Gasteiger partial charge in [-0.1, -0.05) is 60.7 Å². The van der Waals surface area contributed by atoms with Crippen LogP contribution in [0.1, 0.15) is 27.0 Å². The number of benzene rings is 4. The Bertz CT molecular complexity index is 1300. The first-order valence-electron chi connectivity index (χ1n) is 11.1. The minimum atomic E-state index is -1.92. The van der Waals surface area contributed by atoms with Gasteiger partial charge in [0, 0.05) is 0 Å². The highest BCUT2D eigenvalue weighted by Gasteiger charge is 2.39. The number of carbonyl (C=O) groups excluding carboxylic acids is 2. The number of rotatable bonds is 8. The molecule has 7 nitrogen and oxygen atoms in total. The van der Waals surface area contributed by atoms with Crippen molar-refractivity contribution in [2.75, 3.05) is 7.11 Å². The molecular formula is C29H24N2O5. The van der Waals surface area contributed by atoms with Crippen molar-refractivity contribution in [1.82, 2.24) is 5.43 Å². The second-order valence-electron chi connectivity index (χ2n) is 7.83. The van der Waals surface area contributed by atoms with Crippen LogP contribution in [-0.2, 0) is 10.4 Å². The molecule has 4 rings (SSSR count). The standard InChI is InChI=1S/C29H24N2O5/c1-35-25-18-14-22(15-19-25)27(32)36-26-16-12-21(13-17-26)20-30-31-28(33)29(34,23-8-4-2-5-9-23)24-10-6-3-7-11-24/h2-20,34H,1H3,(H,31,33)/b30-20+. The predicted octanol–water partition coefficient (Wildman–Crippen LogP) is 4.30. The minimum absolute atomic E-state index is 0.361. The van der Waals surface area contributed by atoms with E-state index in [2.05, 4.69) is 10.5 Å². The van der Waals surface area contributed by atoms with Gasteiger partial charge in [0.05, 0.1) is 18.9 Å². The Morgan fingerprint density at radius 2 is 1.31 bits per heavy atom. The zero-order chi connectivity index (χ0) is 25.4. The van der Waals surface area contributed by atoms with Crippen LogP contribution in [0, 0.1) is 0 Å². The van der Waals surface area contributed by atoms with Crippen LogP contribution in [-0.4, -0.2) is 30.3 Å². The van der Waals surface area contributed by atoms with Crippen LogP contribution in [0.5, 0.6) is 11.5 Å². The van der Waals surface area contributed by atoms with Crippen LogP contribution < -0.4 is 14.9 Å². The quantitative estimate of drug-likeness (QED) is 0.170. The van der Waals surface area contributed by atoms with E-state index in [-0.39, 0.29) is 0 Å². The topological polar surface area (TPSA) is 97.2 Å². The van der Waals surface area contributed by atoms with Crippen molar-refractivity contribution in [3.8, 4) is 11.5 Å². The van der Waals surface area contributed by atoms with Crippen molar-refractivity contribution in [3.05, 3.63) is 131 Å². The molecule has 0 aliphatic carbocycles. The number of methoxy groups -OCH3 is 1. The van der Waals surface area contributed by atoms with Crippen molar-refractivity contribution >= 4 is 18.1 Å². The maximum Gasteiger partial charge on any atom is 0.343 e. The fraction of sp³-hybridized carbons (Fsp3) is 0.0690. The number of hydrazone groups is 1. The average Bonchev–Trinajstić information content (AvgIpc) is 2.94. The molecule has 0 saturated carbocycles. The van der Waals surface area contributed by atoms with Gasteiger partial charge in [0.15, 0.2) is 5.60 Å². The van der Waals surface area contributed by atoms with Gasteiger partial charge < -0.3 is 14.6 Å². The number of esters is 1. The van der Waals surface area contributed by atoms with E-state index in [9.17, 15) is 14.7 Å². The third-order valence-electron chi connectivity index (χ3n) is 5.51. The molecule has 0 aliphatic heterocycles. The molecule has 7 heteroatoms. The van der Waals surface area contributed by atoms with Crippen molar-refractivity contribution in [3.63, 3.8) is 0 Å². The van der Waals surface area contributed by atoms with Crippen LogP contribution in [0.4, 0.5) is 0 Å². The Morgan fingerprint density at radius 3 is 1.83 bits per heavy atom. The molecule has 0 saturated heterocycles. The van der Waals surface area contributed by atoms with E-state index in [0.29, 0.717) is 33.8 Å². The van der Waals surface area contributed by atoms with Crippen LogP contribution in [0.25, 0.3) is 0 Å². The van der Waals surface area contributed by atoms with Crippen molar-refractivity contribution in [2.45, 2.75) is 5.60 Å². The Balaban J connectivity index is 1.42. The molecule has 4 aromatic rings. The summed E-state index contributed by atoms with van der Waals surface area (Å²) in [7, 11) is 1.55. The van der Waals surface area contributed by atoms with Gasteiger partial charge in [-0.2, -0.15) is 5.10 Å². The van der Waals surface area contributed by atoms with E-state index < -0.39 is 17.5 Å². The molecule has 0 spiro atoms. The van der Waals surface area contributed by atoms with Gasteiger partial charge in [-0.25, -0.2) is 10.2 Å². The molecule has 2 N–H and O–H groups in total. The lowest BCUT2D eigenvalue weighted by Crippen LogP contribution is -2.43. The van der Waals surface area contributed by atoms with Crippen molar-refractivity contribution in [2.24, 2.45) is 5.10 Å². The van der Waals surface area contributed by atoms with Crippen molar-refractivity contribution in [1.29, 1.82) is 0 Å². The molecule has 1 amide bonds. The summed E-state index contributed by atoms with van der Waals surface area (Å²) in [4.78, 5) is 25.4. The maximum atomic E-state index is 13.1. The number of ether oxygens (including phenoxy) is 2. The van der Waals surface area contributed by atoms with Gasteiger partial charge in [-0.3, -0.25) is 4.79 Å². The molecular weight excluding hydrogens is 456 g/mol. The summed E-state index contributed by atoms with van der Waals surface area (Å²) in [6, 6.07) is 30.6. The first-order chi connectivity index (χ1) is 17.5. The Morgan fingerprint density at radius 1 is 0.778 bits per heavy atom. The molecule has 180 valence electrons. The van der Waals surface area contributed by atoms with Gasteiger partial charge in [-0.05, 0) is 65.2 Å². The number of carbonyl (C=O) groups is 2. The number of nitrogens with zero attached hydrogens (tertiary/aromatic N) is 1. The van der Waals surface area contributed by atoms with Gasteiger partial charge in [0.25, 0.3) is 5.91 Å². The van der Waals surface area contributed by atoms with Gasteiger partial charge in [-0.15, -0.1) is 0 Å². The summed E-state index contributed by atoms with van der Waals surface area (Å²) in [5.41, 5.74) is 2.41. The highest BCUT2D eigenvalue weighted by atomic mass is 16.5. The SMILES string of the molecule is COc1ccc(C(=O)Oc2ccc(/C=N/NC(=O)C(O)(c3ccccc3)c3ccccc3)cc2)cc1. The summed E-state index contributed by atoms with van der Waals surface area (Å²) >= 11 is 0. The van der Waals surface area contributed by atoms with Crippen LogP contribution in [0.2, 0.25) is 0 Å².